The summed E-state index contributed by atoms with van der Waals surface area (Å²) in [6, 6.07) is 12.9. The molecule has 7 nitrogen and oxygen atoms in total. The van der Waals surface area contributed by atoms with Gasteiger partial charge in [-0.1, -0.05) is 12.1 Å². The lowest BCUT2D eigenvalue weighted by Gasteiger charge is -2.12. The largest absolute Gasteiger partial charge is 0.497 e. The number of amides is 2. The Labute approximate surface area is 184 Å². The van der Waals surface area contributed by atoms with E-state index >= 15 is 0 Å². The number of nitrogens with one attached hydrogen (secondary N) is 2. The van der Waals surface area contributed by atoms with Gasteiger partial charge < -0.3 is 20.1 Å². The van der Waals surface area contributed by atoms with Crippen LogP contribution in [0, 0.1) is 5.82 Å². The summed E-state index contributed by atoms with van der Waals surface area (Å²) >= 11 is 1.08. The topological polar surface area (TPSA) is 93.7 Å². The molecule has 31 heavy (non-hydrogen) atoms. The molecule has 0 bridgehead atoms. The van der Waals surface area contributed by atoms with E-state index in [1.165, 1.54) is 24.3 Å². The molecule has 2 rings (SSSR count). The van der Waals surface area contributed by atoms with Crippen LogP contribution in [-0.2, 0) is 25.5 Å². The Kier molecular flexibility index (Phi) is 9.83. The molecule has 9 heteroatoms. The molecule has 0 aliphatic rings. The van der Waals surface area contributed by atoms with Crippen molar-refractivity contribution in [2.24, 2.45) is 0 Å². The second-order valence-corrected chi connectivity index (χ2v) is 7.89. The zero-order valence-corrected chi connectivity index (χ0v) is 18.2. The third-order valence-corrected chi connectivity index (χ3v) is 5.29. The van der Waals surface area contributed by atoms with E-state index in [2.05, 4.69) is 10.6 Å². The van der Waals surface area contributed by atoms with Crippen LogP contribution >= 0.6 is 11.8 Å². The number of halogens is 1. The van der Waals surface area contributed by atoms with Crippen LogP contribution in [0.3, 0.4) is 0 Å². The van der Waals surface area contributed by atoms with Gasteiger partial charge in [0, 0.05) is 12.2 Å². The smallest absolute Gasteiger partial charge is 0.319 e. The minimum Gasteiger partial charge on any atom is -0.497 e. The molecular formula is C22H25FN2O5S. The predicted molar refractivity (Wildman–Crippen MR) is 118 cm³/mol. The lowest BCUT2D eigenvalue weighted by atomic mass is 10.1. The van der Waals surface area contributed by atoms with Crippen LogP contribution in [0.5, 0.6) is 5.75 Å². The molecule has 2 aromatic carbocycles. The van der Waals surface area contributed by atoms with Gasteiger partial charge in [0.25, 0.3) is 5.91 Å². The maximum Gasteiger partial charge on any atom is 0.319 e. The SMILES string of the molecule is COc1ccc(CCNC(=O)COC(=O)C(C)SCC(=O)Nc2ccc(F)cc2)cc1. The standard InChI is InChI=1S/C22H25FN2O5S/c1-15(31-14-21(27)25-18-7-5-17(23)6-8-18)22(28)30-13-20(26)24-12-11-16-3-9-19(29-2)10-4-16/h3-10,15H,11-14H2,1-2H3,(H,24,26)(H,25,27). The van der Waals surface area contributed by atoms with Crippen molar-refractivity contribution in [1.82, 2.24) is 5.32 Å². The Morgan fingerprint density at radius 2 is 1.71 bits per heavy atom. The highest BCUT2D eigenvalue weighted by atomic mass is 32.2. The number of carbonyl (C=O) groups is 3. The first-order valence-electron chi connectivity index (χ1n) is 9.60. The van der Waals surface area contributed by atoms with Gasteiger partial charge in [0.2, 0.25) is 5.91 Å². The van der Waals surface area contributed by atoms with Gasteiger partial charge in [-0.05, 0) is 55.3 Å². The summed E-state index contributed by atoms with van der Waals surface area (Å²) in [5, 5.41) is 4.68. The monoisotopic (exact) mass is 448 g/mol. The fourth-order valence-electron chi connectivity index (χ4n) is 2.44. The first-order valence-corrected chi connectivity index (χ1v) is 10.7. The number of esters is 1. The van der Waals surface area contributed by atoms with Gasteiger partial charge in [0.05, 0.1) is 12.9 Å². The summed E-state index contributed by atoms with van der Waals surface area (Å²) in [6.07, 6.45) is 0.638. The number of anilines is 1. The number of methoxy groups -OCH3 is 1. The molecule has 166 valence electrons. The van der Waals surface area contributed by atoms with Crippen LogP contribution in [-0.4, -0.2) is 49.0 Å². The van der Waals surface area contributed by atoms with Crippen LogP contribution in [0.2, 0.25) is 0 Å². The number of benzene rings is 2. The summed E-state index contributed by atoms with van der Waals surface area (Å²) in [4.78, 5) is 35.8. The molecule has 0 saturated carbocycles. The number of ether oxygens (including phenoxy) is 2. The van der Waals surface area contributed by atoms with E-state index < -0.39 is 22.9 Å². The zero-order chi connectivity index (χ0) is 22.6. The molecule has 0 aliphatic carbocycles. The van der Waals surface area contributed by atoms with Crippen molar-refractivity contribution in [2.75, 3.05) is 31.3 Å². The van der Waals surface area contributed by atoms with Gasteiger partial charge in [-0.15, -0.1) is 11.8 Å². The molecule has 0 aliphatic heterocycles. The molecule has 2 amide bonds. The Balaban J connectivity index is 1.61. The van der Waals surface area contributed by atoms with E-state index in [1.54, 1.807) is 14.0 Å². The number of hydrogen-bond acceptors (Lipinski definition) is 6. The first kappa shape index (κ1) is 24.2. The Hall–Kier alpha value is -3.07. The van der Waals surface area contributed by atoms with E-state index in [0.717, 1.165) is 23.1 Å². The van der Waals surface area contributed by atoms with Crippen molar-refractivity contribution < 1.29 is 28.2 Å². The van der Waals surface area contributed by atoms with E-state index in [4.69, 9.17) is 9.47 Å². The van der Waals surface area contributed by atoms with Crippen LogP contribution in [0.4, 0.5) is 10.1 Å². The Bertz CT molecular complexity index is 874. The van der Waals surface area contributed by atoms with E-state index in [1.807, 2.05) is 24.3 Å². The molecule has 2 aromatic rings. The molecule has 0 heterocycles. The fourth-order valence-corrected chi connectivity index (χ4v) is 3.12. The van der Waals surface area contributed by atoms with Gasteiger partial charge in [0.1, 0.15) is 16.8 Å². The van der Waals surface area contributed by atoms with Crippen molar-refractivity contribution in [2.45, 2.75) is 18.6 Å². The first-order chi connectivity index (χ1) is 14.9. The van der Waals surface area contributed by atoms with Crippen molar-refractivity contribution in [3.05, 3.63) is 59.9 Å². The number of thioether (sulfide) groups is 1. The van der Waals surface area contributed by atoms with Gasteiger partial charge >= 0.3 is 5.97 Å². The third-order valence-electron chi connectivity index (χ3n) is 4.16. The van der Waals surface area contributed by atoms with E-state index in [-0.39, 0.29) is 18.3 Å². The number of hydrogen-bond donors (Lipinski definition) is 2. The third kappa shape index (κ3) is 9.08. The van der Waals surface area contributed by atoms with Gasteiger partial charge in [0.15, 0.2) is 6.61 Å². The summed E-state index contributed by atoms with van der Waals surface area (Å²) < 4.78 is 23.0. The summed E-state index contributed by atoms with van der Waals surface area (Å²) in [6.45, 7) is 1.63. The van der Waals surface area contributed by atoms with Crippen molar-refractivity contribution in [3.63, 3.8) is 0 Å². The number of carbonyl (C=O) groups excluding carboxylic acids is 3. The molecule has 0 spiro atoms. The van der Waals surface area contributed by atoms with Gasteiger partial charge in [-0.25, -0.2) is 4.39 Å². The fraction of sp³-hybridized carbons (Fsp3) is 0.318. The molecule has 0 aromatic heterocycles. The highest BCUT2D eigenvalue weighted by Gasteiger charge is 2.18. The summed E-state index contributed by atoms with van der Waals surface area (Å²) in [7, 11) is 1.60. The second-order valence-electron chi connectivity index (χ2n) is 6.56. The minimum atomic E-state index is -0.619. The molecule has 0 radical (unpaired) electrons. The predicted octanol–water partition coefficient (Wildman–Crippen LogP) is 2.80. The highest BCUT2D eigenvalue weighted by Crippen LogP contribution is 2.14. The lowest BCUT2D eigenvalue weighted by molar-refractivity contribution is -0.147. The molecule has 1 atom stereocenters. The maximum absolute atomic E-state index is 12.9. The lowest BCUT2D eigenvalue weighted by Crippen LogP contribution is -2.32. The summed E-state index contributed by atoms with van der Waals surface area (Å²) in [5.41, 5.74) is 1.51. The average molecular weight is 449 g/mol. The maximum atomic E-state index is 12.9. The molecule has 2 N–H and O–H groups in total. The normalized spacial score (nSPS) is 11.3. The quantitative estimate of drug-likeness (QED) is 0.514. The summed E-state index contributed by atoms with van der Waals surface area (Å²) in [5.74, 6) is -0.916. The Morgan fingerprint density at radius 3 is 2.35 bits per heavy atom. The Morgan fingerprint density at radius 1 is 1.03 bits per heavy atom. The van der Waals surface area contributed by atoms with E-state index in [9.17, 15) is 18.8 Å². The van der Waals surface area contributed by atoms with E-state index in [0.29, 0.717) is 18.7 Å². The zero-order valence-electron chi connectivity index (χ0n) is 17.4. The van der Waals surface area contributed by atoms with Crippen molar-refractivity contribution in [3.8, 4) is 5.75 Å². The molecule has 0 fully saturated rings. The van der Waals surface area contributed by atoms with Crippen LogP contribution in [0.1, 0.15) is 12.5 Å². The average Bonchev–Trinajstić information content (AvgIpc) is 2.77. The number of rotatable bonds is 11. The van der Waals surface area contributed by atoms with Gasteiger partial charge in [-0.2, -0.15) is 0 Å². The van der Waals surface area contributed by atoms with Crippen LogP contribution < -0.4 is 15.4 Å². The van der Waals surface area contributed by atoms with Crippen molar-refractivity contribution >= 4 is 35.2 Å². The van der Waals surface area contributed by atoms with Crippen LogP contribution in [0.25, 0.3) is 0 Å². The van der Waals surface area contributed by atoms with Crippen molar-refractivity contribution in [1.29, 1.82) is 0 Å². The second kappa shape index (κ2) is 12.6. The molecule has 0 saturated heterocycles. The van der Waals surface area contributed by atoms with Crippen LogP contribution in [0.15, 0.2) is 48.5 Å². The molecule has 1 unspecified atom stereocenters. The highest BCUT2D eigenvalue weighted by molar-refractivity contribution is 8.01. The van der Waals surface area contributed by atoms with Gasteiger partial charge in [-0.3, -0.25) is 14.4 Å². The molecular weight excluding hydrogens is 423 g/mol. The minimum absolute atomic E-state index is 0.0156.